The molecule has 0 aliphatic carbocycles. The van der Waals surface area contributed by atoms with E-state index in [0.717, 1.165) is 26.1 Å². The number of rotatable bonds is 4. The Labute approximate surface area is 160 Å². The van der Waals surface area contributed by atoms with Crippen LogP contribution in [0.3, 0.4) is 0 Å². The first kappa shape index (κ1) is 17.4. The van der Waals surface area contributed by atoms with Crippen molar-refractivity contribution in [3.63, 3.8) is 0 Å². The molecule has 1 amide bonds. The molecule has 0 saturated carbocycles. The number of pyridine rings is 1. The Bertz CT molecular complexity index is 1210. The van der Waals surface area contributed by atoms with Crippen LogP contribution in [0.15, 0.2) is 53.3 Å². The summed E-state index contributed by atoms with van der Waals surface area (Å²) in [4.78, 5) is 32.1. The van der Waals surface area contributed by atoms with E-state index in [2.05, 4.69) is 29.1 Å². The number of hydrogen-bond acceptors (Lipinski definition) is 4. The first-order valence-electron chi connectivity index (χ1n) is 8.81. The average Bonchev–Trinajstić information content (AvgIpc) is 3.06. The normalized spacial score (nSPS) is 11.4. The average molecular weight is 377 g/mol. The molecule has 0 aliphatic rings. The van der Waals surface area contributed by atoms with Crippen LogP contribution in [0.1, 0.15) is 30.3 Å². The highest BCUT2D eigenvalue weighted by Crippen LogP contribution is 2.29. The van der Waals surface area contributed by atoms with Crippen molar-refractivity contribution >= 4 is 44.1 Å². The molecule has 2 heterocycles. The molecule has 0 fully saturated rings. The maximum absolute atomic E-state index is 12.4. The number of fused-ring (bicyclic) bond motifs is 2. The van der Waals surface area contributed by atoms with E-state index in [0.29, 0.717) is 17.2 Å². The quantitative estimate of drug-likeness (QED) is 0.552. The maximum atomic E-state index is 12.4. The molecule has 27 heavy (non-hydrogen) atoms. The largest absolute Gasteiger partial charge is 0.326 e. The monoisotopic (exact) mass is 377 g/mol. The molecule has 0 radical (unpaired) electrons. The summed E-state index contributed by atoms with van der Waals surface area (Å²) in [5.74, 6) is 0.156. The fourth-order valence-electron chi connectivity index (χ4n) is 2.97. The zero-order valence-corrected chi connectivity index (χ0v) is 15.9. The molecule has 6 heteroatoms. The molecular formula is C21H19N3O2S. The maximum Gasteiger partial charge on any atom is 0.252 e. The predicted molar refractivity (Wildman–Crippen MR) is 111 cm³/mol. The number of carbonyl (C=O) groups excluding carboxylic acids is 1. The summed E-state index contributed by atoms with van der Waals surface area (Å²) < 4.78 is 1.04. The van der Waals surface area contributed by atoms with Crippen LogP contribution in [0.2, 0.25) is 0 Å². The van der Waals surface area contributed by atoms with E-state index in [-0.39, 0.29) is 17.9 Å². The smallest absolute Gasteiger partial charge is 0.252 e. The zero-order chi connectivity index (χ0) is 19.0. The van der Waals surface area contributed by atoms with Gasteiger partial charge in [-0.2, -0.15) is 0 Å². The summed E-state index contributed by atoms with van der Waals surface area (Å²) in [6, 6.07) is 15.0. The van der Waals surface area contributed by atoms with Crippen molar-refractivity contribution in [1.29, 1.82) is 0 Å². The van der Waals surface area contributed by atoms with Crippen LogP contribution < -0.4 is 10.9 Å². The third-order valence-electron chi connectivity index (χ3n) is 4.36. The van der Waals surface area contributed by atoms with E-state index >= 15 is 0 Å². The number of H-pyrrole nitrogens is 1. The van der Waals surface area contributed by atoms with E-state index in [1.165, 1.54) is 0 Å². The molecule has 2 aromatic heterocycles. The Morgan fingerprint density at radius 1 is 1.19 bits per heavy atom. The summed E-state index contributed by atoms with van der Waals surface area (Å²) in [7, 11) is 0. The number of nitrogens with one attached hydrogen (secondary N) is 2. The van der Waals surface area contributed by atoms with Crippen molar-refractivity contribution in [3.8, 4) is 0 Å². The Kier molecular flexibility index (Phi) is 4.49. The Hall–Kier alpha value is -2.99. The number of hydrogen-bond donors (Lipinski definition) is 2. The van der Waals surface area contributed by atoms with Gasteiger partial charge in [0.1, 0.15) is 0 Å². The minimum Gasteiger partial charge on any atom is -0.326 e. The Balaban J connectivity index is 1.55. The molecule has 0 bridgehead atoms. The molecule has 4 rings (SSSR count). The third-order valence-corrected chi connectivity index (χ3v) is 5.68. The highest BCUT2D eigenvalue weighted by Gasteiger charge is 2.11. The van der Waals surface area contributed by atoms with E-state index in [1.54, 1.807) is 17.4 Å². The van der Waals surface area contributed by atoms with E-state index in [1.807, 2.05) is 42.5 Å². The molecule has 0 saturated heterocycles. The molecule has 5 nitrogen and oxygen atoms in total. The number of amides is 1. The standard InChI is InChI=1S/C21H19N3O2S/c1-12(2)21-24-17-8-7-15(11-18(17)27-21)22-19(25)10-14-9-13-5-3-4-6-16(13)23-20(14)26/h3-9,11-12H,10H2,1-2H3,(H,22,25)(H,23,26). The van der Waals surface area contributed by atoms with Gasteiger partial charge in [-0.25, -0.2) is 4.98 Å². The molecule has 2 N–H and O–H groups in total. The number of nitrogens with zero attached hydrogens (tertiary/aromatic N) is 1. The van der Waals surface area contributed by atoms with Gasteiger partial charge in [-0.1, -0.05) is 32.0 Å². The zero-order valence-electron chi connectivity index (χ0n) is 15.1. The van der Waals surface area contributed by atoms with Crippen molar-refractivity contribution in [2.75, 3.05) is 5.32 Å². The lowest BCUT2D eigenvalue weighted by molar-refractivity contribution is -0.115. The molecule has 2 aromatic carbocycles. The fourth-order valence-corrected chi connectivity index (χ4v) is 3.98. The molecule has 4 aromatic rings. The summed E-state index contributed by atoms with van der Waals surface area (Å²) in [5.41, 5.74) is 2.63. The SMILES string of the molecule is CC(C)c1nc2ccc(NC(=O)Cc3cc4ccccc4[nH]c3=O)cc2s1. The van der Waals surface area contributed by atoms with Crippen molar-refractivity contribution < 1.29 is 4.79 Å². The van der Waals surface area contributed by atoms with Gasteiger partial charge in [-0.05, 0) is 35.7 Å². The summed E-state index contributed by atoms with van der Waals surface area (Å²) in [6.45, 7) is 4.23. The van der Waals surface area contributed by atoms with Gasteiger partial charge in [0.2, 0.25) is 5.91 Å². The second kappa shape index (κ2) is 6.96. The van der Waals surface area contributed by atoms with Crippen LogP contribution in [0.5, 0.6) is 0 Å². The Morgan fingerprint density at radius 2 is 2.00 bits per heavy atom. The van der Waals surface area contributed by atoms with Gasteiger partial charge in [-0.3, -0.25) is 9.59 Å². The van der Waals surface area contributed by atoms with Crippen LogP contribution in [0, 0.1) is 0 Å². The van der Waals surface area contributed by atoms with E-state index in [4.69, 9.17) is 0 Å². The lowest BCUT2D eigenvalue weighted by Crippen LogP contribution is -2.21. The molecule has 0 unspecified atom stereocenters. The molecule has 0 atom stereocenters. The number of anilines is 1. The van der Waals surface area contributed by atoms with Crippen molar-refractivity contribution in [2.45, 2.75) is 26.2 Å². The number of aromatic nitrogens is 2. The van der Waals surface area contributed by atoms with Gasteiger partial charge in [-0.15, -0.1) is 11.3 Å². The highest BCUT2D eigenvalue weighted by molar-refractivity contribution is 7.18. The minimum atomic E-state index is -0.233. The van der Waals surface area contributed by atoms with Gasteiger partial charge in [0.05, 0.1) is 21.6 Å². The highest BCUT2D eigenvalue weighted by atomic mass is 32.1. The number of para-hydroxylation sites is 1. The number of aromatic amines is 1. The first-order chi connectivity index (χ1) is 13.0. The van der Waals surface area contributed by atoms with Crippen LogP contribution >= 0.6 is 11.3 Å². The van der Waals surface area contributed by atoms with Crippen molar-refractivity contribution in [3.05, 3.63) is 69.5 Å². The Morgan fingerprint density at radius 3 is 2.81 bits per heavy atom. The second-order valence-electron chi connectivity index (χ2n) is 6.83. The summed E-state index contributed by atoms with van der Waals surface area (Å²) in [6.07, 6.45) is 0.0259. The first-order valence-corrected chi connectivity index (χ1v) is 9.62. The van der Waals surface area contributed by atoms with Gasteiger partial charge in [0.25, 0.3) is 5.56 Å². The second-order valence-corrected chi connectivity index (χ2v) is 7.89. The minimum absolute atomic E-state index is 0.0259. The van der Waals surface area contributed by atoms with Gasteiger partial charge >= 0.3 is 0 Å². The molecule has 0 aliphatic heterocycles. The topological polar surface area (TPSA) is 74.8 Å². The van der Waals surface area contributed by atoms with E-state index < -0.39 is 0 Å². The molecule has 0 spiro atoms. The van der Waals surface area contributed by atoms with Crippen molar-refractivity contribution in [1.82, 2.24) is 9.97 Å². The summed E-state index contributed by atoms with van der Waals surface area (Å²) >= 11 is 1.64. The fraction of sp³-hybridized carbons (Fsp3) is 0.190. The van der Waals surface area contributed by atoms with Crippen LogP contribution in [0.25, 0.3) is 21.1 Å². The number of thiazole rings is 1. The predicted octanol–water partition coefficient (Wildman–Crippen LogP) is 4.44. The summed E-state index contributed by atoms with van der Waals surface area (Å²) in [5, 5.41) is 4.87. The van der Waals surface area contributed by atoms with Crippen LogP contribution in [-0.4, -0.2) is 15.9 Å². The van der Waals surface area contributed by atoms with Crippen LogP contribution in [0.4, 0.5) is 5.69 Å². The van der Waals surface area contributed by atoms with E-state index in [9.17, 15) is 9.59 Å². The molecule has 136 valence electrons. The van der Waals surface area contributed by atoms with Gasteiger partial charge < -0.3 is 10.3 Å². The van der Waals surface area contributed by atoms with Gasteiger partial charge in [0, 0.05) is 22.7 Å². The lowest BCUT2D eigenvalue weighted by atomic mass is 10.1. The lowest BCUT2D eigenvalue weighted by Gasteiger charge is -2.06. The third kappa shape index (κ3) is 3.61. The van der Waals surface area contributed by atoms with Crippen molar-refractivity contribution in [2.24, 2.45) is 0 Å². The number of carbonyl (C=O) groups is 1. The number of benzene rings is 2. The van der Waals surface area contributed by atoms with Gasteiger partial charge in [0.15, 0.2) is 0 Å². The molecular weight excluding hydrogens is 358 g/mol. The van der Waals surface area contributed by atoms with Crippen LogP contribution in [-0.2, 0) is 11.2 Å².